The molecule has 9 heteroatoms. The molecule has 1 heterocycles. The van der Waals surface area contributed by atoms with Gasteiger partial charge in [-0.15, -0.1) is 0 Å². The van der Waals surface area contributed by atoms with Gasteiger partial charge in [0.1, 0.15) is 10.7 Å². The number of methoxy groups -OCH3 is 2. The number of anilines is 1. The van der Waals surface area contributed by atoms with Gasteiger partial charge in [-0.25, -0.2) is 19.2 Å². The van der Waals surface area contributed by atoms with Gasteiger partial charge in [-0.2, -0.15) is 4.31 Å². The van der Waals surface area contributed by atoms with E-state index in [0.29, 0.717) is 19.0 Å². The first kappa shape index (κ1) is 16.8. The molecule has 0 atom stereocenters. The number of hydrogen-bond donors (Lipinski definition) is 2. The molecule has 0 aromatic carbocycles. The highest BCUT2D eigenvalue weighted by molar-refractivity contribution is 7.89. The molecule has 20 heavy (non-hydrogen) atoms. The van der Waals surface area contributed by atoms with Crippen molar-refractivity contribution in [2.45, 2.75) is 4.90 Å². The molecule has 0 aliphatic heterocycles. The summed E-state index contributed by atoms with van der Waals surface area (Å²) in [7, 11) is -0.592. The van der Waals surface area contributed by atoms with Gasteiger partial charge in [0.15, 0.2) is 0 Å². The minimum absolute atomic E-state index is 0.101. The monoisotopic (exact) mass is 304 g/mol. The highest BCUT2D eigenvalue weighted by Gasteiger charge is 2.24. The first-order chi connectivity index (χ1) is 9.56. The molecular weight excluding hydrogens is 284 g/mol. The van der Waals surface area contributed by atoms with Crippen LogP contribution in [-0.2, 0) is 19.5 Å². The number of nitrogen functional groups attached to an aromatic ring is 1. The Hall–Kier alpha value is -1.26. The topological polar surface area (TPSA) is 107 Å². The van der Waals surface area contributed by atoms with Crippen molar-refractivity contribution in [3.63, 3.8) is 0 Å². The van der Waals surface area contributed by atoms with Crippen LogP contribution in [0.3, 0.4) is 0 Å². The molecule has 0 saturated heterocycles. The van der Waals surface area contributed by atoms with E-state index < -0.39 is 10.0 Å². The molecule has 3 N–H and O–H groups in total. The van der Waals surface area contributed by atoms with Gasteiger partial charge in [0.2, 0.25) is 10.0 Å². The smallest absolute Gasteiger partial charge is 0.244 e. The molecule has 1 rings (SSSR count). The van der Waals surface area contributed by atoms with Crippen molar-refractivity contribution >= 4 is 15.8 Å². The zero-order valence-corrected chi connectivity index (χ0v) is 12.4. The molecule has 1 aromatic heterocycles. The summed E-state index contributed by atoms with van der Waals surface area (Å²) < 4.78 is 36.1. The summed E-state index contributed by atoms with van der Waals surface area (Å²) in [5.74, 6) is 5.59. The Morgan fingerprint density at radius 2 is 1.85 bits per heavy atom. The maximum atomic E-state index is 12.5. The largest absolute Gasteiger partial charge is 0.383 e. The fourth-order valence-electron chi connectivity index (χ4n) is 1.51. The van der Waals surface area contributed by atoms with E-state index >= 15 is 0 Å². The zero-order valence-electron chi connectivity index (χ0n) is 11.6. The van der Waals surface area contributed by atoms with Crippen LogP contribution in [0.25, 0.3) is 0 Å². The molecule has 0 radical (unpaired) electrons. The van der Waals surface area contributed by atoms with Crippen molar-refractivity contribution in [1.82, 2.24) is 9.29 Å². The fourth-order valence-corrected chi connectivity index (χ4v) is 2.86. The molecule has 0 amide bonds. The van der Waals surface area contributed by atoms with Crippen LogP contribution in [0.2, 0.25) is 0 Å². The van der Waals surface area contributed by atoms with E-state index in [1.807, 2.05) is 0 Å². The quantitative estimate of drug-likeness (QED) is 0.474. The number of nitrogens with zero attached hydrogens (tertiary/aromatic N) is 2. The summed E-state index contributed by atoms with van der Waals surface area (Å²) in [5, 5.41) is 0. The van der Waals surface area contributed by atoms with Gasteiger partial charge in [0.05, 0.1) is 13.2 Å². The minimum Gasteiger partial charge on any atom is -0.383 e. The molecule has 0 spiro atoms. The van der Waals surface area contributed by atoms with Gasteiger partial charge >= 0.3 is 0 Å². The third-order valence-electron chi connectivity index (χ3n) is 2.61. The Morgan fingerprint density at radius 1 is 1.25 bits per heavy atom. The van der Waals surface area contributed by atoms with Crippen molar-refractivity contribution in [2.24, 2.45) is 5.84 Å². The van der Waals surface area contributed by atoms with Crippen molar-refractivity contribution < 1.29 is 17.9 Å². The van der Waals surface area contributed by atoms with Crippen LogP contribution in [0.5, 0.6) is 0 Å². The molecule has 1 aromatic rings. The number of nitrogens with one attached hydrogen (secondary N) is 1. The Morgan fingerprint density at radius 3 is 2.25 bits per heavy atom. The normalized spacial score (nSPS) is 11.8. The number of ether oxygens (including phenoxy) is 2. The van der Waals surface area contributed by atoms with Gasteiger partial charge in [-0.05, 0) is 12.1 Å². The summed E-state index contributed by atoms with van der Waals surface area (Å²) in [5.41, 5.74) is 2.34. The SMILES string of the molecule is COCCN(CCOC)S(=O)(=O)c1ccc(NN)nc1. The molecule has 0 aliphatic rings. The van der Waals surface area contributed by atoms with Crippen LogP contribution >= 0.6 is 0 Å². The van der Waals surface area contributed by atoms with E-state index in [2.05, 4.69) is 10.4 Å². The third-order valence-corrected chi connectivity index (χ3v) is 4.49. The number of hydrogen-bond acceptors (Lipinski definition) is 7. The Bertz CT molecular complexity index is 484. The lowest BCUT2D eigenvalue weighted by Gasteiger charge is -2.21. The van der Waals surface area contributed by atoms with E-state index in [1.54, 1.807) is 0 Å². The number of sulfonamides is 1. The van der Waals surface area contributed by atoms with E-state index in [4.69, 9.17) is 15.3 Å². The molecule has 0 bridgehead atoms. The summed E-state index contributed by atoms with van der Waals surface area (Å²) in [6.07, 6.45) is 1.26. The number of rotatable bonds is 9. The van der Waals surface area contributed by atoms with Gasteiger partial charge in [0, 0.05) is 33.5 Å². The second kappa shape index (κ2) is 8.12. The summed E-state index contributed by atoms with van der Waals surface area (Å²) >= 11 is 0. The second-order valence-electron chi connectivity index (χ2n) is 3.91. The summed E-state index contributed by atoms with van der Waals surface area (Å²) in [6, 6.07) is 2.95. The predicted molar refractivity (Wildman–Crippen MR) is 74.6 cm³/mol. The molecule has 8 nitrogen and oxygen atoms in total. The lowest BCUT2D eigenvalue weighted by molar-refractivity contribution is 0.150. The van der Waals surface area contributed by atoms with E-state index in [1.165, 1.54) is 36.9 Å². The summed E-state index contributed by atoms with van der Waals surface area (Å²) in [4.78, 5) is 4.00. The van der Waals surface area contributed by atoms with Crippen LogP contribution in [-0.4, -0.2) is 58.2 Å². The Balaban J connectivity index is 2.94. The van der Waals surface area contributed by atoms with E-state index in [-0.39, 0.29) is 18.0 Å². The van der Waals surface area contributed by atoms with Crippen LogP contribution in [0.1, 0.15) is 0 Å². The first-order valence-electron chi connectivity index (χ1n) is 5.97. The number of pyridine rings is 1. The molecule has 0 saturated carbocycles. The number of nitrogens with two attached hydrogens (primary N) is 1. The fraction of sp³-hybridized carbons (Fsp3) is 0.545. The van der Waals surface area contributed by atoms with Crippen molar-refractivity contribution in [1.29, 1.82) is 0 Å². The maximum absolute atomic E-state index is 12.5. The third kappa shape index (κ3) is 4.39. The van der Waals surface area contributed by atoms with Gasteiger partial charge in [-0.1, -0.05) is 0 Å². The average molecular weight is 304 g/mol. The Labute approximate surface area is 118 Å². The lowest BCUT2D eigenvalue weighted by Crippen LogP contribution is -2.36. The minimum atomic E-state index is -3.63. The zero-order chi connectivity index (χ0) is 15.0. The molecule has 0 fully saturated rings. The van der Waals surface area contributed by atoms with Gasteiger partial charge < -0.3 is 14.9 Å². The van der Waals surface area contributed by atoms with Crippen molar-refractivity contribution in [2.75, 3.05) is 45.9 Å². The molecule has 0 unspecified atom stereocenters. The number of hydrazine groups is 1. The summed E-state index contributed by atoms with van der Waals surface area (Å²) in [6.45, 7) is 1.11. The molecular formula is C11H20N4O4S. The van der Waals surface area contributed by atoms with Crippen LogP contribution in [0, 0.1) is 0 Å². The molecule has 0 aliphatic carbocycles. The van der Waals surface area contributed by atoms with Crippen LogP contribution < -0.4 is 11.3 Å². The van der Waals surface area contributed by atoms with E-state index in [0.717, 1.165) is 0 Å². The van der Waals surface area contributed by atoms with Crippen LogP contribution in [0.4, 0.5) is 5.82 Å². The second-order valence-corrected chi connectivity index (χ2v) is 5.85. The van der Waals surface area contributed by atoms with Gasteiger partial charge in [0.25, 0.3) is 0 Å². The van der Waals surface area contributed by atoms with Gasteiger partial charge in [-0.3, -0.25) is 0 Å². The first-order valence-corrected chi connectivity index (χ1v) is 7.41. The lowest BCUT2D eigenvalue weighted by atomic mass is 10.5. The maximum Gasteiger partial charge on any atom is 0.244 e. The highest BCUT2D eigenvalue weighted by atomic mass is 32.2. The number of aromatic nitrogens is 1. The van der Waals surface area contributed by atoms with Crippen molar-refractivity contribution in [3.8, 4) is 0 Å². The highest BCUT2D eigenvalue weighted by Crippen LogP contribution is 2.15. The van der Waals surface area contributed by atoms with Crippen molar-refractivity contribution in [3.05, 3.63) is 18.3 Å². The average Bonchev–Trinajstić information content (AvgIpc) is 2.47. The Kier molecular flexibility index (Phi) is 6.82. The standard InChI is InChI=1S/C11H20N4O4S/c1-18-7-5-15(6-8-19-2)20(16,17)10-3-4-11(14-12)13-9-10/h3-4,9H,5-8,12H2,1-2H3,(H,13,14). The van der Waals surface area contributed by atoms with E-state index in [9.17, 15) is 8.42 Å². The van der Waals surface area contributed by atoms with Crippen LogP contribution in [0.15, 0.2) is 23.2 Å². The predicted octanol–water partition coefficient (Wildman–Crippen LogP) is -0.349. The molecule has 114 valence electrons.